The van der Waals surface area contributed by atoms with E-state index in [9.17, 15) is 4.79 Å². The summed E-state index contributed by atoms with van der Waals surface area (Å²) in [5, 5.41) is 2.25. The summed E-state index contributed by atoms with van der Waals surface area (Å²) in [7, 11) is 0. The third-order valence-electron chi connectivity index (χ3n) is 2.84. The normalized spacial score (nSPS) is 10.3. The molecule has 3 heteroatoms. The first-order chi connectivity index (χ1) is 9.63. The number of hydrogen-bond donors (Lipinski definition) is 0. The molecule has 0 fully saturated rings. The molecule has 0 N–H and O–H groups in total. The number of aryl methyl sites for hydroxylation is 1. The fourth-order valence-corrected chi connectivity index (χ4v) is 3.80. The van der Waals surface area contributed by atoms with Crippen LogP contribution < -0.4 is 4.74 Å². The van der Waals surface area contributed by atoms with Gasteiger partial charge in [0.15, 0.2) is 0 Å². The Labute approximate surface area is 126 Å². The SMILES string of the molecule is CC(=O)Oc1ccc(C[Se]Cc2ccc(C)cc2)cc1. The summed E-state index contributed by atoms with van der Waals surface area (Å²) < 4.78 is 5.02. The van der Waals surface area contributed by atoms with Gasteiger partial charge in [-0.25, -0.2) is 0 Å². The monoisotopic (exact) mass is 334 g/mol. The maximum absolute atomic E-state index is 10.8. The van der Waals surface area contributed by atoms with Crippen LogP contribution in [0.3, 0.4) is 0 Å². The number of carbonyl (C=O) groups excluding carboxylic acids is 1. The van der Waals surface area contributed by atoms with Gasteiger partial charge < -0.3 is 0 Å². The molecule has 0 aliphatic carbocycles. The molecule has 104 valence electrons. The maximum atomic E-state index is 10.8. The van der Waals surface area contributed by atoms with Crippen LogP contribution in [0.15, 0.2) is 48.5 Å². The van der Waals surface area contributed by atoms with E-state index < -0.39 is 0 Å². The molecule has 0 unspecified atom stereocenters. The molecular formula is C17H18O2Se. The van der Waals surface area contributed by atoms with E-state index in [1.54, 1.807) is 0 Å². The zero-order valence-electron chi connectivity index (χ0n) is 11.8. The Kier molecular flexibility index (Phi) is 5.39. The average Bonchev–Trinajstić information content (AvgIpc) is 2.42. The molecule has 0 radical (unpaired) electrons. The number of rotatable bonds is 5. The van der Waals surface area contributed by atoms with E-state index in [0.29, 0.717) is 20.7 Å². The van der Waals surface area contributed by atoms with Crippen molar-refractivity contribution < 1.29 is 9.53 Å². The van der Waals surface area contributed by atoms with Gasteiger partial charge in [-0.05, 0) is 0 Å². The first kappa shape index (κ1) is 14.8. The predicted octanol–water partition coefficient (Wildman–Crippen LogP) is 3.32. The molecule has 2 rings (SSSR count). The van der Waals surface area contributed by atoms with Crippen LogP contribution in [0.4, 0.5) is 0 Å². The van der Waals surface area contributed by atoms with E-state index in [-0.39, 0.29) is 5.97 Å². The van der Waals surface area contributed by atoms with Crippen molar-refractivity contribution in [3.05, 3.63) is 65.2 Å². The van der Waals surface area contributed by atoms with Crippen LogP contribution in [0.1, 0.15) is 23.6 Å². The van der Waals surface area contributed by atoms with Crippen LogP contribution in [0.5, 0.6) is 5.75 Å². The molecule has 0 spiro atoms. The Balaban J connectivity index is 1.82. The Hall–Kier alpha value is -1.57. The zero-order valence-corrected chi connectivity index (χ0v) is 13.5. The van der Waals surface area contributed by atoms with Gasteiger partial charge in [-0.15, -0.1) is 0 Å². The van der Waals surface area contributed by atoms with E-state index in [2.05, 4.69) is 31.2 Å². The molecule has 0 aliphatic heterocycles. The van der Waals surface area contributed by atoms with Gasteiger partial charge in [-0.1, -0.05) is 0 Å². The van der Waals surface area contributed by atoms with Gasteiger partial charge in [0.05, 0.1) is 0 Å². The molecule has 0 atom stereocenters. The Morgan fingerprint density at radius 1 is 0.950 bits per heavy atom. The molecule has 20 heavy (non-hydrogen) atoms. The summed E-state index contributed by atoms with van der Waals surface area (Å²) in [6.07, 6.45) is 0. The summed E-state index contributed by atoms with van der Waals surface area (Å²) in [6.45, 7) is 3.53. The van der Waals surface area contributed by atoms with Gasteiger partial charge in [0, 0.05) is 0 Å². The number of hydrogen-bond acceptors (Lipinski definition) is 2. The van der Waals surface area contributed by atoms with E-state index in [4.69, 9.17) is 4.74 Å². The Morgan fingerprint density at radius 2 is 1.45 bits per heavy atom. The first-order valence-electron chi connectivity index (χ1n) is 6.54. The standard InChI is InChI=1S/C17H18O2Se/c1-13-3-5-15(6-4-13)11-20-12-16-7-9-17(10-8-16)19-14(2)18/h3-10H,11-12H2,1-2H3. The van der Waals surface area contributed by atoms with Crippen LogP contribution in [-0.2, 0) is 15.4 Å². The zero-order chi connectivity index (χ0) is 14.4. The van der Waals surface area contributed by atoms with Crippen molar-refractivity contribution in [2.24, 2.45) is 0 Å². The van der Waals surface area contributed by atoms with E-state index >= 15 is 0 Å². The molecule has 0 saturated carbocycles. The molecular weight excluding hydrogens is 315 g/mol. The topological polar surface area (TPSA) is 26.3 Å². The second-order valence-corrected chi connectivity index (χ2v) is 6.78. The number of ether oxygens (including phenoxy) is 1. The van der Waals surface area contributed by atoms with Crippen molar-refractivity contribution in [3.8, 4) is 5.75 Å². The molecule has 0 amide bonds. The summed E-state index contributed by atoms with van der Waals surface area (Å²) in [4.78, 5) is 10.8. The quantitative estimate of drug-likeness (QED) is 0.477. The Morgan fingerprint density at radius 3 is 1.95 bits per heavy atom. The molecule has 0 aromatic heterocycles. The summed E-state index contributed by atoms with van der Waals surface area (Å²) in [6, 6.07) is 16.5. The van der Waals surface area contributed by atoms with Gasteiger partial charge in [-0.3, -0.25) is 0 Å². The van der Waals surface area contributed by atoms with Crippen LogP contribution in [0.2, 0.25) is 0 Å². The minimum atomic E-state index is -0.277. The fourth-order valence-electron chi connectivity index (χ4n) is 1.79. The minimum absolute atomic E-state index is 0.277. The molecule has 0 heterocycles. The van der Waals surface area contributed by atoms with Gasteiger partial charge in [-0.2, -0.15) is 0 Å². The Bertz CT molecular complexity index is 559. The van der Waals surface area contributed by atoms with Gasteiger partial charge in [0.25, 0.3) is 0 Å². The van der Waals surface area contributed by atoms with Gasteiger partial charge >= 0.3 is 126 Å². The number of esters is 1. The fraction of sp³-hybridized carbons (Fsp3) is 0.235. The van der Waals surface area contributed by atoms with Crippen LogP contribution in [0.25, 0.3) is 0 Å². The van der Waals surface area contributed by atoms with E-state index in [1.807, 2.05) is 24.3 Å². The third kappa shape index (κ3) is 4.84. The van der Waals surface area contributed by atoms with Crippen LogP contribution in [0, 0.1) is 6.92 Å². The summed E-state index contributed by atoms with van der Waals surface area (Å²) in [5.74, 6) is 0.341. The average molecular weight is 333 g/mol. The molecule has 2 aromatic carbocycles. The number of benzene rings is 2. The van der Waals surface area contributed by atoms with Gasteiger partial charge in [0.1, 0.15) is 0 Å². The van der Waals surface area contributed by atoms with E-state index in [1.165, 1.54) is 23.6 Å². The second-order valence-electron chi connectivity index (χ2n) is 4.72. The number of carbonyl (C=O) groups is 1. The van der Waals surface area contributed by atoms with Gasteiger partial charge in [0.2, 0.25) is 0 Å². The molecule has 2 aromatic rings. The second kappa shape index (κ2) is 7.28. The molecule has 0 bridgehead atoms. The third-order valence-corrected chi connectivity index (χ3v) is 5.10. The summed E-state index contributed by atoms with van der Waals surface area (Å²) in [5.41, 5.74) is 4.02. The van der Waals surface area contributed by atoms with Crippen molar-refractivity contribution in [1.82, 2.24) is 0 Å². The van der Waals surface area contributed by atoms with E-state index in [0.717, 1.165) is 10.6 Å². The van der Waals surface area contributed by atoms with Crippen LogP contribution >= 0.6 is 0 Å². The molecule has 2 nitrogen and oxygen atoms in total. The van der Waals surface area contributed by atoms with Crippen molar-refractivity contribution in [2.75, 3.05) is 0 Å². The molecule has 0 saturated heterocycles. The van der Waals surface area contributed by atoms with Crippen molar-refractivity contribution in [2.45, 2.75) is 24.5 Å². The summed E-state index contributed by atoms with van der Waals surface area (Å²) >= 11 is 0.554. The first-order valence-corrected chi connectivity index (χ1v) is 8.96. The predicted molar refractivity (Wildman–Crippen MR) is 82.1 cm³/mol. The van der Waals surface area contributed by atoms with Crippen molar-refractivity contribution in [1.29, 1.82) is 0 Å². The van der Waals surface area contributed by atoms with Crippen molar-refractivity contribution >= 4 is 20.9 Å². The molecule has 0 aliphatic rings. The van der Waals surface area contributed by atoms with Crippen LogP contribution in [-0.4, -0.2) is 20.9 Å². The van der Waals surface area contributed by atoms with Crippen molar-refractivity contribution in [3.63, 3.8) is 0 Å².